The Balaban J connectivity index is 2.28. The van der Waals surface area contributed by atoms with E-state index in [9.17, 15) is 4.79 Å². The lowest BCUT2D eigenvalue weighted by Crippen LogP contribution is -2.07. The van der Waals surface area contributed by atoms with Crippen molar-refractivity contribution in [3.8, 4) is 5.75 Å². The zero-order chi connectivity index (χ0) is 12.8. The van der Waals surface area contributed by atoms with Crippen LogP contribution in [0.1, 0.15) is 38.1 Å². The smallest absolute Gasteiger partial charge is 0.167 e. The molecule has 0 aliphatic heterocycles. The van der Waals surface area contributed by atoms with Crippen LogP contribution in [0.15, 0.2) is 24.3 Å². The van der Waals surface area contributed by atoms with Crippen LogP contribution in [-0.4, -0.2) is 12.9 Å². The lowest BCUT2D eigenvalue weighted by Gasteiger charge is -2.05. The number of hydrogen-bond donors (Lipinski definition) is 0. The van der Waals surface area contributed by atoms with Crippen LogP contribution >= 0.6 is 0 Å². The molecule has 0 heterocycles. The summed E-state index contributed by atoms with van der Waals surface area (Å²) in [6.45, 7) is 8.65. The predicted molar refractivity (Wildman–Crippen MR) is 68.4 cm³/mol. The zero-order valence-electron chi connectivity index (χ0n) is 11.2. The molecule has 0 unspecified atom stereocenters. The van der Waals surface area contributed by atoms with Crippen LogP contribution in [0.25, 0.3) is 0 Å². The van der Waals surface area contributed by atoms with Gasteiger partial charge in [-0.3, -0.25) is 4.79 Å². The number of Topliss-reactive ketones (excluding diaryl/α,β-unsaturated/α-hetero) is 1. The quantitative estimate of drug-likeness (QED) is 0.745. The summed E-state index contributed by atoms with van der Waals surface area (Å²) >= 11 is 0. The van der Waals surface area contributed by atoms with Crippen molar-refractivity contribution >= 4 is 5.78 Å². The molecule has 1 aromatic carbocycles. The maximum Gasteiger partial charge on any atom is 0.167 e. The molecule has 92 valence electrons. The largest absolute Gasteiger partial charge is 0.497 e. The van der Waals surface area contributed by atoms with Gasteiger partial charge >= 0.3 is 0 Å². The van der Waals surface area contributed by atoms with Crippen LogP contribution in [0, 0.1) is 16.7 Å². The third kappa shape index (κ3) is 1.67. The van der Waals surface area contributed by atoms with Gasteiger partial charge in [0, 0.05) is 11.5 Å². The third-order valence-corrected chi connectivity index (χ3v) is 4.64. The number of benzene rings is 1. The summed E-state index contributed by atoms with van der Waals surface area (Å²) in [6.07, 6.45) is 0. The molecule has 1 fully saturated rings. The molecule has 1 saturated carbocycles. The number of methoxy groups -OCH3 is 1. The van der Waals surface area contributed by atoms with E-state index < -0.39 is 0 Å². The molecule has 0 spiro atoms. The molecule has 17 heavy (non-hydrogen) atoms. The monoisotopic (exact) mass is 232 g/mol. The van der Waals surface area contributed by atoms with Gasteiger partial charge in [0.05, 0.1) is 7.11 Å². The van der Waals surface area contributed by atoms with Gasteiger partial charge in [0.2, 0.25) is 0 Å². The number of ether oxygens (including phenoxy) is 1. The Labute approximate surface area is 103 Å². The lowest BCUT2D eigenvalue weighted by molar-refractivity contribution is 0.0945. The first kappa shape index (κ1) is 12.2. The van der Waals surface area contributed by atoms with Gasteiger partial charge in [0.25, 0.3) is 0 Å². The van der Waals surface area contributed by atoms with Gasteiger partial charge in [-0.15, -0.1) is 0 Å². The van der Waals surface area contributed by atoms with Crippen molar-refractivity contribution in [2.24, 2.45) is 16.7 Å². The van der Waals surface area contributed by atoms with Gasteiger partial charge in [-0.05, 0) is 23.0 Å². The molecular weight excluding hydrogens is 212 g/mol. The fourth-order valence-corrected chi connectivity index (χ4v) is 2.79. The molecule has 0 aromatic heterocycles. The van der Waals surface area contributed by atoms with Crippen LogP contribution in [0.4, 0.5) is 0 Å². The summed E-state index contributed by atoms with van der Waals surface area (Å²) in [4.78, 5) is 12.5. The van der Waals surface area contributed by atoms with E-state index in [0.29, 0.717) is 0 Å². The summed E-state index contributed by atoms with van der Waals surface area (Å²) in [6, 6.07) is 7.43. The van der Waals surface area contributed by atoms with Gasteiger partial charge in [-0.25, -0.2) is 0 Å². The standard InChI is InChI=1S/C15H20O2/c1-14(2)13(15(14,3)4)12(16)10-7-6-8-11(9-10)17-5/h6-9,13H,1-5H3. The van der Waals surface area contributed by atoms with E-state index in [0.717, 1.165) is 11.3 Å². The normalized spacial score (nSPS) is 21.0. The highest BCUT2D eigenvalue weighted by molar-refractivity contribution is 6.01. The average Bonchev–Trinajstić information content (AvgIpc) is 2.69. The number of carbonyl (C=O) groups excluding carboxylic acids is 1. The molecule has 0 radical (unpaired) electrons. The maximum atomic E-state index is 12.5. The molecule has 1 aromatic rings. The number of ketones is 1. The highest BCUT2D eigenvalue weighted by Gasteiger charge is 2.67. The van der Waals surface area contributed by atoms with Crippen molar-refractivity contribution in [3.63, 3.8) is 0 Å². The minimum atomic E-state index is 0.0904. The van der Waals surface area contributed by atoms with E-state index >= 15 is 0 Å². The Hall–Kier alpha value is -1.31. The van der Waals surface area contributed by atoms with Gasteiger partial charge in [0.1, 0.15) is 5.75 Å². The molecule has 2 nitrogen and oxygen atoms in total. The Bertz CT molecular complexity index is 444. The zero-order valence-corrected chi connectivity index (χ0v) is 11.2. The van der Waals surface area contributed by atoms with Gasteiger partial charge < -0.3 is 4.74 Å². The summed E-state index contributed by atoms with van der Waals surface area (Å²) in [5.41, 5.74) is 0.938. The van der Waals surface area contributed by atoms with Crippen LogP contribution in [0.3, 0.4) is 0 Å². The second kappa shape index (κ2) is 3.59. The highest BCUT2D eigenvalue weighted by atomic mass is 16.5. The summed E-state index contributed by atoms with van der Waals surface area (Å²) in [5, 5.41) is 0. The first-order chi connectivity index (χ1) is 7.82. The molecule has 0 bridgehead atoms. The van der Waals surface area contributed by atoms with Gasteiger partial charge in [0.15, 0.2) is 5.78 Å². The fraction of sp³-hybridized carbons (Fsp3) is 0.533. The van der Waals surface area contributed by atoms with Crippen molar-refractivity contribution < 1.29 is 9.53 Å². The van der Waals surface area contributed by atoms with Gasteiger partial charge in [-0.1, -0.05) is 39.8 Å². The van der Waals surface area contributed by atoms with E-state index in [2.05, 4.69) is 27.7 Å². The predicted octanol–water partition coefficient (Wildman–Crippen LogP) is 3.56. The summed E-state index contributed by atoms with van der Waals surface area (Å²) in [7, 11) is 1.62. The minimum absolute atomic E-state index is 0.0904. The van der Waals surface area contributed by atoms with Crippen LogP contribution in [0.5, 0.6) is 5.75 Å². The van der Waals surface area contributed by atoms with Gasteiger partial charge in [-0.2, -0.15) is 0 Å². The Morgan fingerprint density at radius 1 is 1.18 bits per heavy atom. The molecule has 1 aliphatic carbocycles. The minimum Gasteiger partial charge on any atom is -0.497 e. The number of carbonyl (C=O) groups is 1. The number of hydrogen-bond acceptors (Lipinski definition) is 2. The SMILES string of the molecule is COc1cccc(C(=O)C2C(C)(C)C2(C)C)c1. The molecule has 1 aliphatic rings. The molecular formula is C15H20O2. The molecule has 0 amide bonds. The highest BCUT2D eigenvalue weighted by Crippen LogP contribution is 2.69. The average molecular weight is 232 g/mol. The maximum absolute atomic E-state index is 12.5. The number of rotatable bonds is 3. The Morgan fingerprint density at radius 3 is 2.24 bits per heavy atom. The van der Waals surface area contributed by atoms with Crippen molar-refractivity contribution in [2.75, 3.05) is 7.11 Å². The van der Waals surface area contributed by atoms with E-state index in [4.69, 9.17) is 4.74 Å². The Morgan fingerprint density at radius 2 is 1.76 bits per heavy atom. The lowest BCUT2D eigenvalue weighted by atomic mass is 10.0. The van der Waals surface area contributed by atoms with Crippen molar-refractivity contribution in [3.05, 3.63) is 29.8 Å². The first-order valence-electron chi connectivity index (χ1n) is 6.00. The van der Waals surface area contributed by atoms with E-state index in [-0.39, 0.29) is 22.5 Å². The second-order valence-corrected chi connectivity index (χ2v) is 5.97. The molecule has 2 rings (SSSR count). The summed E-state index contributed by atoms with van der Waals surface area (Å²) in [5.74, 6) is 1.09. The second-order valence-electron chi connectivity index (χ2n) is 5.97. The summed E-state index contributed by atoms with van der Waals surface area (Å²) < 4.78 is 5.16. The first-order valence-corrected chi connectivity index (χ1v) is 6.00. The Kier molecular flexibility index (Phi) is 2.57. The molecule has 0 N–H and O–H groups in total. The molecule has 0 saturated heterocycles. The third-order valence-electron chi connectivity index (χ3n) is 4.64. The van der Waals surface area contributed by atoms with E-state index in [1.165, 1.54) is 0 Å². The van der Waals surface area contributed by atoms with Crippen LogP contribution in [-0.2, 0) is 0 Å². The van der Waals surface area contributed by atoms with Crippen LogP contribution < -0.4 is 4.74 Å². The van der Waals surface area contributed by atoms with Crippen molar-refractivity contribution in [2.45, 2.75) is 27.7 Å². The van der Waals surface area contributed by atoms with Crippen LogP contribution in [0.2, 0.25) is 0 Å². The van der Waals surface area contributed by atoms with Crippen molar-refractivity contribution in [1.82, 2.24) is 0 Å². The fourth-order valence-electron chi connectivity index (χ4n) is 2.79. The van der Waals surface area contributed by atoms with E-state index in [1.54, 1.807) is 7.11 Å². The van der Waals surface area contributed by atoms with E-state index in [1.807, 2.05) is 24.3 Å². The molecule has 2 heteroatoms. The topological polar surface area (TPSA) is 26.3 Å². The molecule has 0 atom stereocenters. The van der Waals surface area contributed by atoms with Crippen molar-refractivity contribution in [1.29, 1.82) is 0 Å².